The zero-order chi connectivity index (χ0) is 13.1. The first-order valence-electron chi connectivity index (χ1n) is 6.44. The Balaban J connectivity index is 2.10. The molecule has 1 fully saturated rings. The number of rotatable bonds is 3. The predicted octanol–water partition coefficient (Wildman–Crippen LogP) is 2.61. The van der Waals surface area contributed by atoms with Crippen molar-refractivity contribution in [2.45, 2.75) is 38.2 Å². The highest BCUT2D eigenvalue weighted by Gasteiger charge is 2.25. The van der Waals surface area contributed by atoms with Gasteiger partial charge < -0.3 is 5.73 Å². The van der Waals surface area contributed by atoms with Crippen molar-refractivity contribution in [1.29, 1.82) is 0 Å². The Morgan fingerprint density at radius 1 is 1.33 bits per heavy atom. The van der Waals surface area contributed by atoms with Gasteiger partial charge in [0.25, 0.3) is 0 Å². The van der Waals surface area contributed by atoms with Crippen LogP contribution in [0.4, 0.5) is 4.39 Å². The number of thioether (sulfide) groups is 1. The van der Waals surface area contributed by atoms with Crippen molar-refractivity contribution >= 4 is 11.8 Å². The molecular weight excluding hydrogens is 247 g/mol. The van der Waals surface area contributed by atoms with Gasteiger partial charge in [-0.25, -0.2) is 4.39 Å². The van der Waals surface area contributed by atoms with E-state index in [0.29, 0.717) is 17.8 Å². The van der Waals surface area contributed by atoms with Gasteiger partial charge in [0.2, 0.25) is 0 Å². The molecule has 2 nitrogen and oxygen atoms in total. The van der Waals surface area contributed by atoms with Gasteiger partial charge in [-0.3, -0.25) is 4.90 Å². The van der Waals surface area contributed by atoms with E-state index in [1.807, 2.05) is 17.8 Å². The molecule has 18 heavy (non-hydrogen) atoms. The molecule has 0 bridgehead atoms. The topological polar surface area (TPSA) is 29.3 Å². The lowest BCUT2D eigenvalue weighted by molar-refractivity contribution is 0.204. The van der Waals surface area contributed by atoms with Crippen molar-refractivity contribution in [3.8, 4) is 0 Å². The van der Waals surface area contributed by atoms with Gasteiger partial charge in [-0.15, -0.1) is 0 Å². The molecular formula is C14H21FN2S. The molecule has 1 aromatic rings. The zero-order valence-corrected chi connectivity index (χ0v) is 11.8. The van der Waals surface area contributed by atoms with Gasteiger partial charge in [0.05, 0.1) is 0 Å². The molecule has 2 atom stereocenters. The third-order valence-corrected chi connectivity index (χ3v) is 4.99. The first-order valence-corrected chi connectivity index (χ1v) is 7.49. The maximum absolute atomic E-state index is 13.5. The largest absolute Gasteiger partial charge is 0.326 e. The Labute approximate surface area is 113 Å². The van der Waals surface area contributed by atoms with E-state index in [1.165, 1.54) is 6.07 Å². The van der Waals surface area contributed by atoms with Crippen LogP contribution in [0.3, 0.4) is 0 Å². The number of benzene rings is 1. The zero-order valence-electron chi connectivity index (χ0n) is 11.0. The highest BCUT2D eigenvalue weighted by atomic mass is 32.2. The van der Waals surface area contributed by atoms with Crippen molar-refractivity contribution in [3.63, 3.8) is 0 Å². The molecule has 2 unspecified atom stereocenters. The third kappa shape index (κ3) is 3.25. The maximum Gasteiger partial charge on any atom is 0.123 e. The summed E-state index contributed by atoms with van der Waals surface area (Å²) in [5.41, 5.74) is 7.49. The normalized spacial score (nSPS) is 25.3. The molecule has 0 aliphatic carbocycles. The van der Waals surface area contributed by atoms with Crippen molar-refractivity contribution in [2.75, 3.05) is 12.3 Å². The summed E-state index contributed by atoms with van der Waals surface area (Å²) in [6.45, 7) is 6.80. The molecule has 0 amide bonds. The average Bonchev–Trinajstić information content (AvgIpc) is 2.34. The van der Waals surface area contributed by atoms with Gasteiger partial charge in [-0.05, 0) is 30.2 Å². The standard InChI is InChI=1S/C14H21FN2S/c1-10-11(2)18-4-3-17(10)9-13-5-12(8-16)6-14(15)7-13/h5-7,10-11H,3-4,8-9,16H2,1-2H3. The molecule has 1 aromatic carbocycles. The fraction of sp³-hybridized carbons (Fsp3) is 0.571. The number of halogens is 1. The second-order valence-corrected chi connectivity index (χ2v) is 6.44. The van der Waals surface area contributed by atoms with Gasteiger partial charge in [-0.2, -0.15) is 11.8 Å². The minimum atomic E-state index is -0.181. The summed E-state index contributed by atoms with van der Waals surface area (Å²) < 4.78 is 13.5. The summed E-state index contributed by atoms with van der Waals surface area (Å²) in [6.07, 6.45) is 0. The fourth-order valence-corrected chi connectivity index (χ4v) is 3.54. The average molecular weight is 268 g/mol. The van der Waals surface area contributed by atoms with E-state index in [4.69, 9.17) is 5.73 Å². The molecule has 0 spiro atoms. The van der Waals surface area contributed by atoms with Crippen LogP contribution in [0.2, 0.25) is 0 Å². The molecule has 2 rings (SSSR count). The Bertz CT molecular complexity index is 411. The van der Waals surface area contributed by atoms with Crippen LogP contribution in [-0.2, 0) is 13.1 Å². The summed E-state index contributed by atoms with van der Waals surface area (Å²) in [5, 5.41) is 0.640. The van der Waals surface area contributed by atoms with Crippen molar-refractivity contribution < 1.29 is 4.39 Å². The molecule has 2 N–H and O–H groups in total. The van der Waals surface area contributed by atoms with Crippen molar-refractivity contribution in [3.05, 3.63) is 35.1 Å². The molecule has 4 heteroatoms. The lowest BCUT2D eigenvalue weighted by Crippen LogP contribution is -2.43. The van der Waals surface area contributed by atoms with E-state index >= 15 is 0 Å². The maximum atomic E-state index is 13.5. The predicted molar refractivity (Wildman–Crippen MR) is 76.1 cm³/mol. The van der Waals surface area contributed by atoms with Gasteiger partial charge in [-0.1, -0.05) is 13.0 Å². The van der Waals surface area contributed by atoms with E-state index in [2.05, 4.69) is 18.7 Å². The summed E-state index contributed by atoms with van der Waals surface area (Å²) in [6, 6.07) is 5.69. The summed E-state index contributed by atoms with van der Waals surface area (Å²) in [5.74, 6) is 0.977. The van der Waals surface area contributed by atoms with E-state index in [9.17, 15) is 4.39 Å². The molecule has 1 saturated heterocycles. The van der Waals surface area contributed by atoms with Crippen molar-refractivity contribution in [2.24, 2.45) is 5.73 Å². The van der Waals surface area contributed by atoms with Gasteiger partial charge in [0, 0.05) is 36.7 Å². The quantitative estimate of drug-likeness (QED) is 0.913. The van der Waals surface area contributed by atoms with Crippen LogP contribution in [0, 0.1) is 5.82 Å². The minimum Gasteiger partial charge on any atom is -0.326 e. The molecule has 1 heterocycles. The summed E-state index contributed by atoms with van der Waals surface area (Å²) >= 11 is 2.02. The first kappa shape index (κ1) is 13.8. The lowest BCUT2D eigenvalue weighted by Gasteiger charge is -2.37. The third-order valence-electron chi connectivity index (χ3n) is 3.65. The van der Waals surface area contributed by atoms with E-state index in [-0.39, 0.29) is 5.82 Å². The van der Waals surface area contributed by atoms with E-state index < -0.39 is 0 Å². The monoisotopic (exact) mass is 268 g/mol. The van der Waals surface area contributed by atoms with Crippen LogP contribution >= 0.6 is 11.8 Å². The number of hydrogen-bond donors (Lipinski definition) is 1. The van der Waals surface area contributed by atoms with E-state index in [1.54, 1.807) is 6.07 Å². The molecule has 0 saturated carbocycles. The van der Waals surface area contributed by atoms with Crippen LogP contribution in [0.5, 0.6) is 0 Å². The van der Waals surface area contributed by atoms with Gasteiger partial charge >= 0.3 is 0 Å². The molecule has 1 aliphatic rings. The first-order chi connectivity index (χ1) is 8.60. The second kappa shape index (κ2) is 6.04. The molecule has 0 aromatic heterocycles. The van der Waals surface area contributed by atoms with Crippen LogP contribution < -0.4 is 5.73 Å². The molecule has 1 aliphatic heterocycles. The van der Waals surface area contributed by atoms with Crippen LogP contribution in [0.15, 0.2) is 18.2 Å². The van der Waals surface area contributed by atoms with Crippen LogP contribution in [0.25, 0.3) is 0 Å². The fourth-order valence-electron chi connectivity index (χ4n) is 2.38. The SMILES string of the molecule is CC1SCCN(Cc2cc(F)cc(CN)c2)C1C. The Morgan fingerprint density at radius 3 is 2.78 bits per heavy atom. The van der Waals surface area contributed by atoms with Gasteiger partial charge in [0.15, 0.2) is 0 Å². The lowest BCUT2D eigenvalue weighted by atomic mass is 10.1. The van der Waals surface area contributed by atoms with Gasteiger partial charge in [0.1, 0.15) is 5.82 Å². The molecule has 100 valence electrons. The Hall–Kier alpha value is -0.580. The van der Waals surface area contributed by atoms with Crippen molar-refractivity contribution in [1.82, 2.24) is 4.90 Å². The highest BCUT2D eigenvalue weighted by Crippen LogP contribution is 2.25. The van der Waals surface area contributed by atoms with E-state index in [0.717, 1.165) is 30.0 Å². The Kier molecular flexibility index (Phi) is 4.65. The number of hydrogen-bond acceptors (Lipinski definition) is 3. The smallest absolute Gasteiger partial charge is 0.123 e. The second-order valence-electron chi connectivity index (χ2n) is 4.96. The number of nitrogens with two attached hydrogens (primary N) is 1. The number of nitrogens with zero attached hydrogens (tertiary/aromatic N) is 1. The molecule has 0 radical (unpaired) electrons. The highest BCUT2D eigenvalue weighted by molar-refractivity contribution is 8.00. The van der Waals surface area contributed by atoms with Crippen LogP contribution in [-0.4, -0.2) is 28.5 Å². The van der Waals surface area contributed by atoms with Crippen LogP contribution in [0.1, 0.15) is 25.0 Å². The summed E-state index contributed by atoms with van der Waals surface area (Å²) in [7, 11) is 0. The minimum absolute atomic E-state index is 0.181. The summed E-state index contributed by atoms with van der Waals surface area (Å²) in [4.78, 5) is 2.43. The Morgan fingerprint density at radius 2 is 2.06 bits per heavy atom.